The molecule has 1 saturated heterocycles. The molecule has 4 N–H and O–H groups in total. The van der Waals surface area contributed by atoms with Gasteiger partial charge in [-0.2, -0.15) is 0 Å². The normalized spacial score (nSPS) is 21.1. The fourth-order valence-electron chi connectivity index (χ4n) is 2.01. The minimum Gasteiger partial charge on any atom is -0.350 e. The molecule has 6 heteroatoms. The van der Waals surface area contributed by atoms with Crippen LogP contribution in [0.1, 0.15) is 34.1 Å². The van der Waals surface area contributed by atoms with E-state index in [0.29, 0.717) is 19.6 Å². The first kappa shape index (κ1) is 15.8. The Labute approximate surface area is 115 Å². The second-order valence-electron chi connectivity index (χ2n) is 6.12. The van der Waals surface area contributed by atoms with Gasteiger partial charge >= 0.3 is 6.03 Å². The molecule has 110 valence electrons. The number of nitrogens with zero attached hydrogens (tertiary/aromatic N) is 1. The zero-order chi connectivity index (χ0) is 14.6. The van der Waals surface area contributed by atoms with Crippen molar-refractivity contribution in [2.75, 3.05) is 19.6 Å². The largest absolute Gasteiger partial charge is 0.350 e. The average molecular weight is 270 g/mol. The molecular formula is C13H26N4O2. The number of urea groups is 1. The SMILES string of the molecule is CCNC(=O)N1CCC(NC(=O)[C@@H](N)C(C)(C)C)C1. The third-order valence-corrected chi connectivity index (χ3v) is 3.37. The van der Waals surface area contributed by atoms with E-state index >= 15 is 0 Å². The Bertz CT molecular complexity index is 338. The molecule has 1 rings (SSSR count). The zero-order valence-corrected chi connectivity index (χ0v) is 12.3. The Morgan fingerprint density at radius 1 is 1.42 bits per heavy atom. The second kappa shape index (κ2) is 6.23. The average Bonchev–Trinajstić information content (AvgIpc) is 2.75. The van der Waals surface area contributed by atoms with E-state index in [2.05, 4.69) is 10.6 Å². The number of rotatable bonds is 3. The van der Waals surface area contributed by atoms with Crippen LogP contribution in [0.3, 0.4) is 0 Å². The van der Waals surface area contributed by atoms with Gasteiger partial charge in [-0.3, -0.25) is 4.79 Å². The topological polar surface area (TPSA) is 87.5 Å². The van der Waals surface area contributed by atoms with Crippen molar-refractivity contribution in [2.45, 2.75) is 46.2 Å². The number of nitrogens with two attached hydrogens (primary N) is 1. The van der Waals surface area contributed by atoms with Crippen LogP contribution in [-0.2, 0) is 4.79 Å². The van der Waals surface area contributed by atoms with Gasteiger partial charge in [0, 0.05) is 25.7 Å². The van der Waals surface area contributed by atoms with E-state index in [1.165, 1.54) is 0 Å². The summed E-state index contributed by atoms with van der Waals surface area (Å²) in [7, 11) is 0. The molecule has 1 fully saturated rings. The molecule has 0 spiro atoms. The van der Waals surface area contributed by atoms with Crippen molar-refractivity contribution in [1.82, 2.24) is 15.5 Å². The maximum Gasteiger partial charge on any atom is 0.317 e. The lowest BCUT2D eigenvalue weighted by atomic mass is 9.87. The van der Waals surface area contributed by atoms with Crippen LogP contribution in [0.5, 0.6) is 0 Å². The van der Waals surface area contributed by atoms with Gasteiger partial charge in [-0.15, -0.1) is 0 Å². The maximum atomic E-state index is 12.0. The first-order valence-electron chi connectivity index (χ1n) is 6.84. The highest BCUT2D eigenvalue weighted by Gasteiger charge is 2.32. The van der Waals surface area contributed by atoms with E-state index in [4.69, 9.17) is 5.73 Å². The van der Waals surface area contributed by atoms with E-state index in [0.717, 1.165) is 6.42 Å². The molecule has 1 heterocycles. The standard InChI is InChI=1S/C13H26N4O2/c1-5-15-12(19)17-7-6-9(8-17)16-11(18)10(14)13(2,3)4/h9-10H,5-8,14H2,1-4H3,(H,15,19)(H,16,18)/t9?,10-/m1/s1. The van der Waals surface area contributed by atoms with Gasteiger partial charge in [0.2, 0.25) is 5.91 Å². The van der Waals surface area contributed by atoms with E-state index < -0.39 is 6.04 Å². The van der Waals surface area contributed by atoms with Crippen LogP contribution in [0, 0.1) is 5.41 Å². The van der Waals surface area contributed by atoms with Crippen LogP contribution in [0.25, 0.3) is 0 Å². The van der Waals surface area contributed by atoms with Crippen molar-refractivity contribution in [3.8, 4) is 0 Å². The van der Waals surface area contributed by atoms with Crippen LogP contribution in [0.4, 0.5) is 4.79 Å². The van der Waals surface area contributed by atoms with Crippen LogP contribution >= 0.6 is 0 Å². The van der Waals surface area contributed by atoms with Crippen molar-refractivity contribution >= 4 is 11.9 Å². The summed E-state index contributed by atoms with van der Waals surface area (Å²) in [5, 5.41) is 5.68. The highest BCUT2D eigenvalue weighted by molar-refractivity contribution is 5.82. The second-order valence-corrected chi connectivity index (χ2v) is 6.12. The summed E-state index contributed by atoms with van der Waals surface area (Å²) >= 11 is 0. The maximum absolute atomic E-state index is 12.0. The summed E-state index contributed by atoms with van der Waals surface area (Å²) in [4.78, 5) is 25.4. The molecular weight excluding hydrogens is 244 g/mol. The summed E-state index contributed by atoms with van der Waals surface area (Å²) in [6.07, 6.45) is 0.778. The molecule has 0 saturated carbocycles. The summed E-state index contributed by atoms with van der Waals surface area (Å²) in [6, 6.07) is -0.603. The van der Waals surface area contributed by atoms with Gasteiger partial charge in [0.25, 0.3) is 0 Å². The van der Waals surface area contributed by atoms with Gasteiger partial charge < -0.3 is 21.3 Å². The molecule has 0 aromatic carbocycles. The number of carbonyl (C=O) groups excluding carboxylic acids is 2. The van der Waals surface area contributed by atoms with Gasteiger partial charge in [0.1, 0.15) is 0 Å². The van der Waals surface area contributed by atoms with E-state index in [1.807, 2.05) is 27.7 Å². The number of nitrogens with one attached hydrogen (secondary N) is 2. The number of hydrogen-bond donors (Lipinski definition) is 3. The van der Waals surface area contributed by atoms with Crippen molar-refractivity contribution in [2.24, 2.45) is 11.1 Å². The van der Waals surface area contributed by atoms with Crippen LogP contribution in [0.2, 0.25) is 0 Å². The molecule has 19 heavy (non-hydrogen) atoms. The van der Waals surface area contributed by atoms with Crippen molar-refractivity contribution in [3.63, 3.8) is 0 Å². The lowest BCUT2D eigenvalue weighted by Crippen LogP contribution is -2.52. The third-order valence-electron chi connectivity index (χ3n) is 3.37. The molecule has 0 radical (unpaired) electrons. The fraction of sp³-hybridized carbons (Fsp3) is 0.846. The first-order chi connectivity index (χ1) is 8.75. The molecule has 0 aromatic heterocycles. The van der Waals surface area contributed by atoms with Gasteiger partial charge in [-0.1, -0.05) is 20.8 Å². The summed E-state index contributed by atoms with van der Waals surface area (Å²) in [5.74, 6) is -0.143. The zero-order valence-electron chi connectivity index (χ0n) is 12.3. The Hall–Kier alpha value is -1.30. The fourth-order valence-corrected chi connectivity index (χ4v) is 2.01. The minimum absolute atomic E-state index is 0.00325. The predicted octanol–water partition coefficient (Wildman–Crippen LogP) is 0.280. The van der Waals surface area contributed by atoms with Crippen LogP contribution in [0.15, 0.2) is 0 Å². The number of likely N-dealkylation sites (tertiary alicyclic amines) is 1. The van der Waals surface area contributed by atoms with Crippen molar-refractivity contribution in [1.29, 1.82) is 0 Å². The number of carbonyl (C=O) groups is 2. The molecule has 3 amide bonds. The van der Waals surface area contributed by atoms with Gasteiger partial charge in [-0.05, 0) is 18.8 Å². The minimum atomic E-state index is -0.536. The highest BCUT2D eigenvalue weighted by atomic mass is 16.2. The van der Waals surface area contributed by atoms with Gasteiger partial charge in [0.15, 0.2) is 0 Å². The summed E-state index contributed by atoms with van der Waals surface area (Å²) in [6.45, 7) is 9.53. The molecule has 1 unspecified atom stereocenters. The first-order valence-corrected chi connectivity index (χ1v) is 6.84. The summed E-state index contributed by atoms with van der Waals surface area (Å²) < 4.78 is 0. The van der Waals surface area contributed by atoms with E-state index in [1.54, 1.807) is 4.90 Å². The molecule has 2 atom stereocenters. The molecule has 6 nitrogen and oxygen atoms in total. The number of hydrogen-bond acceptors (Lipinski definition) is 3. The lowest BCUT2D eigenvalue weighted by Gasteiger charge is -2.27. The Balaban J connectivity index is 2.44. The molecule has 1 aliphatic heterocycles. The van der Waals surface area contributed by atoms with Gasteiger partial charge in [-0.25, -0.2) is 4.79 Å². The third kappa shape index (κ3) is 4.38. The monoisotopic (exact) mass is 270 g/mol. The number of amides is 3. The lowest BCUT2D eigenvalue weighted by molar-refractivity contribution is -0.125. The van der Waals surface area contributed by atoms with Crippen molar-refractivity contribution in [3.05, 3.63) is 0 Å². The van der Waals surface area contributed by atoms with Crippen LogP contribution < -0.4 is 16.4 Å². The van der Waals surface area contributed by atoms with Crippen LogP contribution in [-0.4, -0.2) is 48.6 Å². The molecule has 0 aliphatic carbocycles. The smallest absolute Gasteiger partial charge is 0.317 e. The van der Waals surface area contributed by atoms with Crippen molar-refractivity contribution < 1.29 is 9.59 Å². The molecule has 0 aromatic rings. The Morgan fingerprint density at radius 2 is 2.05 bits per heavy atom. The highest BCUT2D eigenvalue weighted by Crippen LogP contribution is 2.18. The summed E-state index contributed by atoms with van der Waals surface area (Å²) in [5.41, 5.74) is 5.65. The molecule has 1 aliphatic rings. The van der Waals surface area contributed by atoms with E-state index in [9.17, 15) is 9.59 Å². The Morgan fingerprint density at radius 3 is 2.58 bits per heavy atom. The van der Waals surface area contributed by atoms with E-state index in [-0.39, 0.29) is 23.4 Å². The quantitative estimate of drug-likeness (QED) is 0.688. The Kier molecular flexibility index (Phi) is 5.17. The molecule has 0 bridgehead atoms. The predicted molar refractivity (Wildman–Crippen MR) is 74.6 cm³/mol. The van der Waals surface area contributed by atoms with Gasteiger partial charge in [0.05, 0.1) is 6.04 Å².